The second-order valence-corrected chi connectivity index (χ2v) is 4.57. The molecular weight excluding hydrogens is 144 g/mol. The molecule has 0 aromatic carbocycles. The van der Waals surface area contributed by atoms with Crippen LogP contribution in [0.5, 0.6) is 0 Å². The lowest BCUT2D eigenvalue weighted by atomic mass is 9.75. The van der Waals surface area contributed by atoms with Crippen LogP contribution in [0.15, 0.2) is 0 Å². The molecule has 0 saturated carbocycles. The molecule has 0 aliphatic heterocycles. The predicted octanol–water partition coefficient (Wildman–Crippen LogP) is 4.45. The minimum absolute atomic E-state index is 0.504. The van der Waals surface area contributed by atoms with Gasteiger partial charge < -0.3 is 0 Å². The third-order valence-corrected chi connectivity index (χ3v) is 3.16. The van der Waals surface area contributed by atoms with Gasteiger partial charge in [-0.05, 0) is 24.2 Å². The Morgan fingerprint density at radius 1 is 1.25 bits per heavy atom. The van der Waals surface area contributed by atoms with Gasteiger partial charge in [-0.25, -0.2) is 0 Å². The van der Waals surface area contributed by atoms with E-state index in [0.717, 1.165) is 5.92 Å². The van der Waals surface area contributed by atoms with Crippen LogP contribution in [0.4, 0.5) is 0 Å². The summed E-state index contributed by atoms with van der Waals surface area (Å²) < 4.78 is 0. The van der Waals surface area contributed by atoms with Gasteiger partial charge in [0.1, 0.15) is 0 Å². The van der Waals surface area contributed by atoms with Crippen molar-refractivity contribution in [2.24, 2.45) is 11.3 Å². The smallest absolute Gasteiger partial charge is 0.0326 e. The molecule has 0 nitrogen and oxygen atoms in total. The molecule has 0 saturated heterocycles. The Morgan fingerprint density at radius 3 is 2.25 bits per heavy atom. The molecule has 0 aromatic heterocycles. The lowest BCUT2D eigenvalue weighted by Crippen LogP contribution is -2.21. The zero-order valence-electron chi connectivity index (χ0n) is 9.48. The number of hydrogen-bond donors (Lipinski definition) is 0. The fourth-order valence-corrected chi connectivity index (χ4v) is 1.51. The van der Waals surface area contributed by atoms with Crippen molar-refractivity contribution in [3.63, 3.8) is 0 Å². The van der Waals surface area contributed by atoms with E-state index in [9.17, 15) is 0 Å². The van der Waals surface area contributed by atoms with E-state index in [1.165, 1.54) is 25.7 Å². The van der Waals surface area contributed by atoms with Gasteiger partial charge in [0, 0.05) is 0 Å². The van der Waals surface area contributed by atoms with Crippen LogP contribution in [0.3, 0.4) is 0 Å². The first kappa shape index (κ1) is 12.0. The maximum Gasteiger partial charge on any atom is -0.0326 e. The normalized spacial score (nSPS) is 14.8. The lowest BCUT2D eigenvalue weighted by molar-refractivity contribution is 0.232. The SMILES string of the molecule is C[CH]C(C)C(C)(C)CCCCC. The molecule has 0 bridgehead atoms. The quantitative estimate of drug-likeness (QED) is 0.515. The summed E-state index contributed by atoms with van der Waals surface area (Å²) in [7, 11) is 0. The molecule has 1 atom stereocenters. The molecule has 0 aromatic rings. The highest BCUT2D eigenvalue weighted by atomic mass is 14.3. The monoisotopic (exact) mass is 169 g/mol. The third-order valence-electron chi connectivity index (χ3n) is 3.16. The molecule has 0 aliphatic rings. The molecule has 73 valence electrons. The second kappa shape index (κ2) is 5.61. The Balaban J connectivity index is 3.70. The molecule has 0 N–H and O–H groups in total. The fraction of sp³-hybridized carbons (Fsp3) is 0.917. The first-order chi connectivity index (χ1) is 5.54. The van der Waals surface area contributed by atoms with Crippen molar-refractivity contribution in [2.45, 2.75) is 60.3 Å². The van der Waals surface area contributed by atoms with Gasteiger partial charge in [0.25, 0.3) is 0 Å². The fourth-order valence-electron chi connectivity index (χ4n) is 1.51. The van der Waals surface area contributed by atoms with Gasteiger partial charge in [-0.15, -0.1) is 0 Å². The van der Waals surface area contributed by atoms with Crippen molar-refractivity contribution in [2.75, 3.05) is 0 Å². The summed E-state index contributed by atoms with van der Waals surface area (Å²) >= 11 is 0. The predicted molar refractivity (Wildman–Crippen MR) is 57.1 cm³/mol. The highest BCUT2D eigenvalue weighted by Gasteiger charge is 2.23. The molecule has 0 heterocycles. The maximum absolute atomic E-state index is 2.38. The van der Waals surface area contributed by atoms with Gasteiger partial charge in [0.15, 0.2) is 0 Å². The van der Waals surface area contributed by atoms with E-state index in [1.54, 1.807) is 0 Å². The average Bonchev–Trinajstić information content (AvgIpc) is 2.03. The molecule has 0 rings (SSSR count). The van der Waals surface area contributed by atoms with Crippen LogP contribution in [0, 0.1) is 17.8 Å². The largest absolute Gasteiger partial charge is 0.0654 e. The minimum atomic E-state index is 0.504. The Hall–Kier alpha value is 0. The molecule has 0 spiro atoms. The highest BCUT2D eigenvalue weighted by Crippen LogP contribution is 2.33. The summed E-state index contributed by atoms with van der Waals surface area (Å²) in [5.74, 6) is 0.745. The second-order valence-electron chi connectivity index (χ2n) is 4.57. The van der Waals surface area contributed by atoms with Crippen LogP contribution in [0.25, 0.3) is 0 Å². The van der Waals surface area contributed by atoms with E-state index in [2.05, 4.69) is 41.0 Å². The number of rotatable bonds is 6. The molecule has 0 amide bonds. The van der Waals surface area contributed by atoms with E-state index in [0.29, 0.717) is 5.41 Å². The van der Waals surface area contributed by atoms with Crippen LogP contribution < -0.4 is 0 Å². The topological polar surface area (TPSA) is 0 Å². The summed E-state index contributed by atoms with van der Waals surface area (Å²) in [6, 6.07) is 0. The molecule has 0 fully saturated rings. The molecule has 0 heteroatoms. The first-order valence-corrected chi connectivity index (χ1v) is 5.34. The molecule has 0 aliphatic carbocycles. The molecule has 1 radical (unpaired) electrons. The molecule has 12 heavy (non-hydrogen) atoms. The third kappa shape index (κ3) is 4.13. The lowest BCUT2D eigenvalue weighted by Gasteiger charge is -2.31. The number of unbranched alkanes of at least 4 members (excludes halogenated alkanes) is 2. The van der Waals surface area contributed by atoms with Crippen molar-refractivity contribution in [1.82, 2.24) is 0 Å². The van der Waals surface area contributed by atoms with Crippen molar-refractivity contribution in [3.05, 3.63) is 6.42 Å². The van der Waals surface area contributed by atoms with E-state index in [-0.39, 0.29) is 0 Å². The van der Waals surface area contributed by atoms with Gasteiger partial charge in [-0.2, -0.15) is 0 Å². The molecular formula is C12H25. The summed E-state index contributed by atoms with van der Waals surface area (Å²) in [5, 5.41) is 0. The Labute approximate surface area is 78.8 Å². The van der Waals surface area contributed by atoms with Gasteiger partial charge in [-0.3, -0.25) is 0 Å². The average molecular weight is 169 g/mol. The van der Waals surface area contributed by atoms with Gasteiger partial charge in [0.2, 0.25) is 0 Å². The highest BCUT2D eigenvalue weighted by molar-refractivity contribution is 4.82. The van der Waals surface area contributed by atoms with Gasteiger partial charge in [0.05, 0.1) is 0 Å². The van der Waals surface area contributed by atoms with Crippen molar-refractivity contribution in [1.29, 1.82) is 0 Å². The van der Waals surface area contributed by atoms with Crippen LogP contribution in [-0.2, 0) is 0 Å². The number of hydrogen-bond acceptors (Lipinski definition) is 0. The minimum Gasteiger partial charge on any atom is -0.0654 e. The summed E-state index contributed by atoms with van der Waals surface area (Å²) in [5.41, 5.74) is 0.504. The van der Waals surface area contributed by atoms with Crippen molar-refractivity contribution >= 4 is 0 Å². The first-order valence-electron chi connectivity index (χ1n) is 5.34. The summed E-state index contributed by atoms with van der Waals surface area (Å²) in [4.78, 5) is 0. The Morgan fingerprint density at radius 2 is 1.83 bits per heavy atom. The van der Waals surface area contributed by atoms with E-state index < -0.39 is 0 Å². The van der Waals surface area contributed by atoms with Crippen LogP contribution in [0.1, 0.15) is 60.3 Å². The van der Waals surface area contributed by atoms with E-state index in [1.807, 2.05) is 0 Å². The van der Waals surface area contributed by atoms with E-state index >= 15 is 0 Å². The van der Waals surface area contributed by atoms with Crippen molar-refractivity contribution < 1.29 is 0 Å². The standard InChI is InChI=1S/C12H25/c1-6-8-9-10-12(4,5)11(3)7-2/h7,11H,6,8-10H2,1-5H3. The van der Waals surface area contributed by atoms with Crippen LogP contribution in [0.2, 0.25) is 0 Å². The van der Waals surface area contributed by atoms with Crippen LogP contribution in [-0.4, -0.2) is 0 Å². The zero-order chi connectivity index (χ0) is 9.61. The summed E-state index contributed by atoms with van der Waals surface area (Å²) in [6.45, 7) is 11.5. The van der Waals surface area contributed by atoms with E-state index in [4.69, 9.17) is 0 Å². The summed E-state index contributed by atoms with van der Waals surface area (Å²) in [6.07, 6.45) is 7.81. The van der Waals surface area contributed by atoms with Gasteiger partial charge in [-0.1, -0.05) is 53.9 Å². The van der Waals surface area contributed by atoms with Gasteiger partial charge >= 0.3 is 0 Å². The Kier molecular flexibility index (Phi) is 5.61. The Bertz CT molecular complexity index is 103. The molecule has 1 unspecified atom stereocenters. The maximum atomic E-state index is 2.38. The van der Waals surface area contributed by atoms with Crippen molar-refractivity contribution in [3.8, 4) is 0 Å². The zero-order valence-corrected chi connectivity index (χ0v) is 9.48. The van der Waals surface area contributed by atoms with Crippen LogP contribution >= 0.6 is 0 Å².